The van der Waals surface area contributed by atoms with E-state index in [1.165, 1.54) is 4.68 Å². The van der Waals surface area contributed by atoms with Gasteiger partial charge in [-0.2, -0.15) is 5.10 Å². The monoisotopic (exact) mass is 333 g/mol. The molecule has 0 unspecified atom stereocenters. The average molecular weight is 333 g/mol. The van der Waals surface area contributed by atoms with Gasteiger partial charge in [0.2, 0.25) is 4.77 Å². The minimum Gasteiger partial charge on any atom is -0.494 e. The van der Waals surface area contributed by atoms with Gasteiger partial charge in [0.1, 0.15) is 5.75 Å². The van der Waals surface area contributed by atoms with Gasteiger partial charge >= 0.3 is 0 Å². The summed E-state index contributed by atoms with van der Waals surface area (Å²) in [4.78, 5) is 14.4. The van der Waals surface area contributed by atoms with Crippen molar-refractivity contribution in [2.45, 2.75) is 19.8 Å². The average Bonchev–Trinajstić information content (AvgIpc) is 2.87. The molecule has 2 heterocycles. The minimum atomic E-state index is 0.152. The van der Waals surface area contributed by atoms with E-state index in [0.29, 0.717) is 48.7 Å². The zero-order valence-electron chi connectivity index (χ0n) is 12.9. The van der Waals surface area contributed by atoms with Crippen LogP contribution in [0.5, 0.6) is 5.75 Å². The number of nitrogens with zero attached hydrogens (tertiary/aromatic N) is 3. The standard InChI is InChI=1S/C15H19N5O2S/c1-2-22-10-3-4-12-11(9-10)13(21)5-7-19(12)8-6-14-17-18-15(23)20(14)16/h3-4,9H,2,5-8,16H2,1H3,(H,18,23). The highest BCUT2D eigenvalue weighted by Crippen LogP contribution is 2.30. The molecule has 8 heteroatoms. The Hall–Kier alpha value is -2.35. The largest absolute Gasteiger partial charge is 0.494 e. The Morgan fingerprint density at radius 2 is 2.30 bits per heavy atom. The number of rotatable bonds is 5. The highest BCUT2D eigenvalue weighted by molar-refractivity contribution is 7.71. The van der Waals surface area contributed by atoms with Crippen molar-refractivity contribution in [3.8, 4) is 5.75 Å². The minimum absolute atomic E-state index is 0.152. The molecule has 0 saturated carbocycles. The maximum atomic E-state index is 12.2. The molecule has 1 aliphatic heterocycles. The zero-order chi connectivity index (χ0) is 16.4. The van der Waals surface area contributed by atoms with Gasteiger partial charge in [-0.05, 0) is 37.3 Å². The number of ketones is 1. The molecule has 0 saturated heterocycles. The van der Waals surface area contributed by atoms with E-state index in [4.69, 9.17) is 22.8 Å². The number of fused-ring (bicyclic) bond motifs is 1. The fourth-order valence-electron chi connectivity index (χ4n) is 2.74. The van der Waals surface area contributed by atoms with Crippen LogP contribution in [0, 0.1) is 4.77 Å². The van der Waals surface area contributed by atoms with E-state index in [9.17, 15) is 4.79 Å². The van der Waals surface area contributed by atoms with Gasteiger partial charge in [-0.3, -0.25) is 9.89 Å². The lowest BCUT2D eigenvalue weighted by Gasteiger charge is -2.30. The first-order chi connectivity index (χ1) is 11.1. The van der Waals surface area contributed by atoms with Gasteiger partial charge in [0.15, 0.2) is 11.6 Å². The molecule has 3 rings (SSSR count). The van der Waals surface area contributed by atoms with Gasteiger partial charge in [-0.25, -0.2) is 4.68 Å². The molecule has 0 atom stereocenters. The number of benzene rings is 1. The van der Waals surface area contributed by atoms with Crippen LogP contribution < -0.4 is 15.5 Å². The number of H-pyrrole nitrogens is 1. The Bertz CT molecular complexity index is 782. The molecule has 23 heavy (non-hydrogen) atoms. The van der Waals surface area contributed by atoms with E-state index >= 15 is 0 Å². The molecule has 1 aromatic carbocycles. The Kier molecular flexibility index (Phi) is 4.33. The normalized spacial score (nSPS) is 14.0. The van der Waals surface area contributed by atoms with Crippen molar-refractivity contribution < 1.29 is 9.53 Å². The second-order valence-electron chi connectivity index (χ2n) is 5.34. The summed E-state index contributed by atoms with van der Waals surface area (Å²) >= 11 is 5.01. The van der Waals surface area contributed by atoms with E-state index in [1.807, 2.05) is 25.1 Å². The van der Waals surface area contributed by atoms with Crippen LogP contribution in [0.1, 0.15) is 29.5 Å². The summed E-state index contributed by atoms with van der Waals surface area (Å²) in [6, 6.07) is 5.66. The summed E-state index contributed by atoms with van der Waals surface area (Å²) in [5.74, 6) is 7.39. The van der Waals surface area contributed by atoms with E-state index in [0.717, 1.165) is 11.4 Å². The number of ether oxygens (including phenoxy) is 1. The lowest BCUT2D eigenvalue weighted by atomic mass is 10.00. The van der Waals surface area contributed by atoms with Crippen molar-refractivity contribution in [3.05, 3.63) is 34.4 Å². The van der Waals surface area contributed by atoms with Crippen molar-refractivity contribution in [1.29, 1.82) is 0 Å². The smallest absolute Gasteiger partial charge is 0.214 e. The number of nitrogens with two attached hydrogens (primary N) is 1. The van der Waals surface area contributed by atoms with Gasteiger partial charge < -0.3 is 15.5 Å². The number of aromatic amines is 1. The number of carbonyl (C=O) groups excluding carboxylic acids is 1. The van der Waals surface area contributed by atoms with Crippen molar-refractivity contribution in [2.24, 2.45) is 0 Å². The Balaban J connectivity index is 1.80. The first-order valence-corrected chi connectivity index (χ1v) is 7.97. The SMILES string of the molecule is CCOc1ccc2c(c1)C(=O)CCN2CCc1n[nH]c(=S)n1N. The van der Waals surface area contributed by atoms with E-state index in [1.54, 1.807) is 0 Å². The highest BCUT2D eigenvalue weighted by Gasteiger charge is 2.23. The van der Waals surface area contributed by atoms with Gasteiger partial charge in [0, 0.05) is 37.2 Å². The molecular formula is C15H19N5O2S. The lowest BCUT2D eigenvalue weighted by Crippen LogP contribution is -2.34. The molecule has 0 fully saturated rings. The zero-order valence-corrected chi connectivity index (χ0v) is 13.7. The molecule has 0 amide bonds. The predicted molar refractivity (Wildman–Crippen MR) is 90.0 cm³/mol. The molecule has 7 nitrogen and oxygen atoms in total. The van der Waals surface area contributed by atoms with Crippen LogP contribution in [0.3, 0.4) is 0 Å². The van der Waals surface area contributed by atoms with Crippen LogP contribution in [0.2, 0.25) is 0 Å². The van der Waals surface area contributed by atoms with E-state index < -0.39 is 0 Å². The maximum absolute atomic E-state index is 12.2. The van der Waals surface area contributed by atoms with Gasteiger partial charge in [-0.15, -0.1) is 0 Å². The molecule has 3 N–H and O–H groups in total. The van der Waals surface area contributed by atoms with Crippen molar-refractivity contribution in [2.75, 3.05) is 30.4 Å². The maximum Gasteiger partial charge on any atom is 0.214 e. The van der Waals surface area contributed by atoms with E-state index in [-0.39, 0.29) is 5.78 Å². The topological polar surface area (TPSA) is 89.2 Å². The van der Waals surface area contributed by atoms with Crippen molar-refractivity contribution >= 4 is 23.7 Å². The van der Waals surface area contributed by atoms with Crippen LogP contribution in [0.25, 0.3) is 0 Å². The first-order valence-electron chi connectivity index (χ1n) is 7.56. The molecule has 0 spiro atoms. The molecule has 0 aliphatic carbocycles. The third kappa shape index (κ3) is 3.07. The number of Topliss-reactive ketones (excluding diaryl/α,β-unsaturated/α-hetero) is 1. The van der Waals surface area contributed by atoms with Crippen LogP contribution in [0.4, 0.5) is 5.69 Å². The third-order valence-corrected chi connectivity index (χ3v) is 4.20. The number of aromatic nitrogens is 3. The summed E-state index contributed by atoms with van der Waals surface area (Å²) in [6.07, 6.45) is 1.14. The molecule has 122 valence electrons. The Morgan fingerprint density at radius 1 is 1.48 bits per heavy atom. The lowest BCUT2D eigenvalue weighted by molar-refractivity contribution is 0.0979. The first kappa shape index (κ1) is 15.5. The van der Waals surface area contributed by atoms with Gasteiger partial charge in [0.25, 0.3) is 0 Å². The summed E-state index contributed by atoms with van der Waals surface area (Å²) < 4.78 is 7.26. The van der Waals surface area contributed by atoms with E-state index in [2.05, 4.69) is 15.1 Å². The summed E-state index contributed by atoms with van der Waals surface area (Å²) in [7, 11) is 0. The molecule has 0 radical (unpaired) electrons. The second kappa shape index (κ2) is 6.41. The predicted octanol–water partition coefficient (Wildman–Crippen LogP) is 1.69. The Labute approximate surface area is 139 Å². The van der Waals surface area contributed by atoms with Crippen LogP contribution in [-0.4, -0.2) is 40.4 Å². The van der Waals surface area contributed by atoms with Crippen LogP contribution >= 0.6 is 12.2 Å². The number of nitrogen functional groups attached to an aromatic ring is 1. The summed E-state index contributed by atoms with van der Waals surface area (Å²) in [5.41, 5.74) is 1.65. The molecular weight excluding hydrogens is 314 g/mol. The Morgan fingerprint density at radius 3 is 3.00 bits per heavy atom. The number of anilines is 1. The molecule has 1 aromatic heterocycles. The van der Waals surface area contributed by atoms with Crippen LogP contribution in [-0.2, 0) is 6.42 Å². The fraction of sp³-hybridized carbons (Fsp3) is 0.400. The van der Waals surface area contributed by atoms with Gasteiger partial charge in [-0.1, -0.05) is 0 Å². The molecule has 0 bridgehead atoms. The number of nitrogens with one attached hydrogen (secondary N) is 1. The summed E-state index contributed by atoms with van der Waals surface area (Å²) in [5, 5.41) is 6.79. The second-order valence-corrected chi connectivity index (χ2v) is 5.72. The number of hydrogen-bond donors (Lipinski definition) is 2. The van der Waals surface area contributed by atoms with Gasteiger partial charge in [0.05, 0.1) is 6.61 Å². The number of hydrogen-bond acceptors (Lipinski definition) is 6. The molecule has 1 aliphatic rings. The fourth-order valence-corrected chi connectivity index (χ4v) is 2.89. The van der Waals surface area contributed by atoms with Crippen molar-refractivity contribution in [3.63, 3.8) is 0 Å². The molecule has 2 aromatic rings. The number of carbonyl (C=O) groups is 1. The highest BCUT2D eigenvalue weighted by atomic mass is 32.1. The van der Waals surface area contributed by atoms with Crippen molar-refractivity contribution in [1.82, 2.24) is 14.9 Å². The third-order valence-electron chi connectivity index (χ3n) is 3.91. The van der Waals surface area contributed by atoms with Crippen LogP contribution in [0.15, 0.2) is 18.2 Å². The quantitative estimate of drug-likeness (QED) is 0.639. The summed E-state index contributed by atoms with van der Waals surface area (Å²) in [6.45, 7) is 3.91.